The van der Waals surface area contributed by atoms with E-state index in [1.54, 1.807) is 4.68 Å². The summed E-state index contributed by atoms with van der Waals surface area (Å²) in [5, 5.41) is 22.8. The van der Waals surface area contributed by atoms with Gasteiger partial charge in [0.1, 0.15) is 5.56 Å². The zero-order valence-corrected chi connectivity index (χ0v) is 22.1. The molecule has 2 heterocycles. The first kappa shape index (κ1) is 24.6. The van der Waals surface area contributed by atoms with Crippen molar-refractivity contribution in [1.29, 1.82) is 0 Å². The Hall–Kier alpha value is -3.74. The third-order valence-electron chi connectivity index (χ3n) is 8.54. The van der Waals surface area contributed by atoms with Crippen LogP contribution in [0.1, 0.15) is 84.6 Å². The topological polar surface area (TPSA) is 85.8 Å². The lowest BCUT2D eigenvalue weighted by atomic mass is 9.78. The molecule has 0 bridgehead atoms. The lowest BCUT2D eigenvalue weighted by Gasteiger charge is -2.27. The third kappa shape index (κ3) is 4.89. The van der Waals surface area contributed by atoms with Crippen LogP contribution in [-0.2, 0) is 13.5 Å². The van der Waals surface area contributed by atoms with Crippen molar-refractivity contribution in [1.82, 2.24) is 24.8 Å². The number of aryl methyl sites for hydroxylation is 1. The minimum absolute atomic E-state index is 0.0496. The van der Waals surface area contributed by atoms with E-state index in [0.29, 0.717) is 5.92 Å². The summed E-state index contributed by atoms with van der Waals surface area (Å²) < 4.78 is 3.50. The highest BCUT2D eigenvalue weighted by Gasteiger charge is 2.46. The number of hydrogen-bond acceptors (Lipinski definition) is 4. The predicted octanol–water partition coefficient (Wildman–Crippen LogP) is 6.40. The van der Waals surface area contributed by atoms with Crippen LogP contribution < -0.4 is 0 Å². The largest absolute Gasteiger partial charge is 0.478 e. The molecule has 0 saturated heterocycles. The van der Waals surface area contributed by atoms with Crippen molar-refractivity contribution in [3.05, 3.63) is 83.4 Å². The second kappa shape index (κ2) is 10.2. The molecule has 2 aliphatic carbocycles. The van der Waals surface area contributed by atoms with E-state index in [1.165, 1.54) is 49.4 Å². The van der Waals surface area contributed by atoms with Crippen molar-refractivity contribution >= 4 is 5.97 Å². The average Bonchev–Trinajstić information content (AvgIpc) is 3.38. The molecule has 0 spiro atoms. The van der Waals surface area contributed by atoms with Crippen molar-refractivity contribution in [2.75, 3.05) is 0 Å². The number of carboxylic acids is 1. The van der Waals surface area contributed by atoms with E-state index < -0.39 is 5.97 Å². The Morgan fingerprint density at radius 1 is 1.05 bits per heavy atom. The molecule has 196 valence electrons. The molecular weight excluding hydrogens is 474 g/mol. The molecule has 3 atom stereocenters. The quantitative estimate of drug-likeness (QED) is 0.297. The minimum Gasteiger partial charge on any atom is -0.478 e. The van der Waals surface area contributed by atoms with Crippen LogP contribution in [0, 0.1) is 11.8 Å². The van der Waals surface area contributed by atoms with Crippen LogP contribution in [0.5, 0.6) is 0 Å². The number of aromatic carboxylic acids is 1. The molecule has 38 heavy (non-hydrogen) atoms. The lowest BCUT2D eigenvalue weighted by Crippen LogP contribution is -2.17. The summed E-state index contributed by atoms with van der Waals surface area (Å²) in [6, 6.07) is 17.1. The van der Waals surface area contributed by atoms with Crippen molar-refractivity contribution in [2.45, 2.75) is 63.7 Å². The van der Waals surface area contributed by atoms with E-state index in [9.17, 15) is 9.90 Å². The van der Waals surface area contributed by atoms with Gasteiger partial charge in [0.25, 0.3) is 0 Å². The van der Waals surface area contributed by atoms with E-state index in [2.05, 4.69) is 58.7 Å². The van der Waals surface area contributed by atoms with Crippen LogP contribution in [0.4, 0.5) is 0 Å². The van der Waals surface area contributed by atoms with Crippen molar-refractivity contribution < 1.29 is 9.90 Å². The summed E-state index contributed by atoms with van der Waals surface area (Å²) in [5.74, 6) is 0.785. The second-order valence-corrected chi connectivity index (χ2v) is 11.3. The fourth-order valence-corrected chi connectivity index (χ4v) is 6.38. The van der Waals surface area contributed by atoms with Crippen LogP contribution in [-0.4, -0.2) is 35.9 Å². The van der Waals surface area contributed by atoms with E-state index in [0.717, 1.165) is 41.4 Å². The fraction of sp³-hybridized carbons (Fsp3) is 0.419. The first-order chi connectivity index (χ1) is 18.5. The second-order valence-electron chi connectivity index (χ2n) is 11.3. The van der Waals surface area contributed by atoms with Gasteiger partial charge in [0.2, 0.25) is 0 Å². The highest BCUT2D eigenvalue weighted by molar-refractivity contribution is 5.89. The Kier molecular flexibility index (Phi) is 6.60. The zero-order chi connectivity index (χ0) is 26.2. The molecule has 1 N–H and O–H groups in total. The highest BCUT2D eigenvalue weighted by Crippen LogP contribution is 2.55. The van der Waals surface area contributed by atoms with Gasteiger partial charge in [-0.15, -0.1) is 5.10 Å². The molecule has 0 radical (unpaired) electrons. The van der Waals surface area contributed by atoms with E-state index >= 15 is 0 Å². The predicted molar refractivity (Wildman–Crippen MR) is 147 cm³/mol. The molecule has 7 nitrogen and oxygen atoms in total. The minimum atomic E-state index is -0.952. The van der Waals surface area contributed by atoms with Gasteiger partial charge in [-0.25, -0.2) is 9.48 Å². The van der Waals surface area contributed by atoms with Crippen LogP contribution >= 0.6 is 0 Å². The van der Waals surface area contributed by atoms with Gasteiger partial charge in [-0.05, 0) is 53.5 Å². The van der Waals surface area contributed by atoms with Gasteiger partial charge in [-0.2, -0.15) is 5.10 Å². The van der Waals surface area contributed by atoms with Crippen LogP contribution in [0.15, 0.2) is 60.9 Å². The first-order valence-corrected chi connectivity index (χ1v) is 13.8. The highest BCUT2D eigenvalue weighted by atomic mass is 16.4. The number of carbonyl (C=O) groups is 1. The van der Waals surface area contributed by atoms with Crippen LogP contribution in [0.2, 0.25) is 0 Å². The monoisotopic (exact) mass is 509 g/mol. The zero-order valence-electron chi connectivity index (χ0n) is 22.1. The fourth-order valence-electron chi connectivity index (χ4n) is 6.38. The molecule has 1 unspecified atom stereocenters. The molecule has 0 aliphatic heterocycles. The number of hydrogen-bond donors (Lipinski definition) is 1. The number of carboxylic acid groups (broad SMARTS) is 1. The van der Waals surface area contributed by atoms with Gasteiger partial charge < -0.3 is 5.11 Å². The number of benzene rings is 2. The van der Waals surface area contributed by atoms with Crippen molar-refractivity contribution in [3.63, 3.8) is 0 Å². The molecule has 2 aromatic heterocycles. The molecule has 2 aromatic carbocycles. The van der Waals surface area contributed by atoms with E-state index in [-0.39, 0.29) is 17.4 Å². The molecule has 2 aliphatic rings. The Labute approximate surface area is 223 Å². The summed E-state index contributed by atoms with van der Waals surface area (Å²) in [4.78, 5) is 12.1. The standard InChI is InChI=1S/C31H35N5O2/c1-20(22-9-4-3-5-10-22)14-21-8-6-11-23(15-21)24-12-7-13-25(16-24)36-30(28(18-32-36)31(37)38)27-17-26(27)29-19-35(2)34-33-29/h6-8,11-13,15-16,18-20,22,26-27H,3-5,9-10,14,17H2,1-2H3,(H,37,38)/t20-,26-,27?/m1/s1. The average molecular weight is 510 g/mol. The Morgan fingerprint density at radius 3 is 2.55 bits per heavy atom. The maximum atomic E-state index is 12.1. The van der Waals surface area contributed by atoms with E-state index in [4.69, 9.17) is 0 Å². The first-order valence-electron chi connectivity index (χ1n) is 13.8. The molecule has 6 rings (SSSR count). The normalized spacial score (nSPS) is 20.4. The number of aromatic nitrogens is 5. The molecule has 4 aromatic rings. The molecule has 2 fully saturated rings. The Morgan fingerprint density at radius 2 is 1.82 bits per heavy atom. The van der Waals surface area contributed by atoms with Gasteiger partial charge in [-0.1, -0.05) is 80.6 Å². The third-order valence-corrected chi connectivity index (χ3v) is 8.54. The SMILES string of the molecule is C[C@H](Cc1cccc(-c2cccc(-n3ncc(C(=O)O)c3C3C[C@H]3c3cn(C)nn3)c2)c1)C1CCCCC1. The van der Waals surface area contributed by atoms with Gasteiger partial charge >= 0.3 is 5.97 Å². The smallest absolute Gasteiger partial charge is 0.339 e. The Balaban J connectivity index is 1.28. The summed E-state index contributed by atoms with van der Waals surface area (Å²) in [5.41, 5.74) is 6.42. The van der Waals surface area contributed by atoms with Crippen molar-refractivity contribution in [3.8, 4) is 16.8 Å². The summed E-state index contributed by atoms with van der Waals surface area (Å²) in [6.45, 7) is 2.41. The Bertz CT molecular complexity index is 1450. The summed E-state index contributed by atoms with van der Waals surface area (Å²) >= 11 is 0. The molecule has 7 heteroatoms. The van der Waals surface area contributed by atoms with Gasteiger partial charge in [0, 0.05) is 25.1 Å². The molecular formula is C31H35N5O2. The maximum absolute atomic E-state index is 12.1. The van der Waals surface area contributed by atoms with Gasteiger partial charge in [0.15, 0.2) is 0 Å². The summed E-state index contributed by atoms with van der Waals surface area (Å²) in [6.07, 6.45) is 12.2. The number of rotatable bonds is 8. The van der Waals surface area contributed by atoms with Gasteiger partial charge in [0.05, 0.1) is 23.3 Å². The van der Waals surface area contributed by atoms with E-state index in [1.807, 2.05) is 30.1 Å². The van der Waals surface area contributed by atoms with Crippen LogP contribution in [0.3, 0.4) is 0 Å². The number of nitrogens with zero attached hydrogens (tertiary/aromatic N) is 5. The molecule has 2 saturated carbocycles. The van der Waals surface area contributed by atoms with Crippen LogP contribution in [0.25, 0.3) is 16.8 Å². The summed E-state index contributed by atoms with van der Waals surface area (Å²) in [7, 11) is 1.85. The van der Waals surface area contributed by atoms with Gasteiger partial charge in [-0.3, -0.25) is 4.68 Å². The van der Waals surface area contributed by atoms with Crippen molar-refractivity contribution in [2.24, 2.45) is 18.9 Å². The maximum Gasteiger partial charge on any atom is 0.339 e. The lowest BCUT2D eigenvalue weighted by molar-refractivity contribution is 0.0695. The molecule has 0 amide bonds.